The molecule has 0 radical (unpaired) electrons. The Kier molecular flexibility index (Phi) is 7.33. The van der Waals surface area contributed by atoms with E-state index in [1.807, 2.05) is 43.0 Å². The van der Waals surface area contributed by atoms with Crippen molar-refractivity contribution in [1.29, 1.82) is 0 Å². The van der Waals surface area contributed by atoms with Crippen LogP contribution in [-0.4, -0.2) is 70.4 Å². The number of fused-ring (bicyclic) bond motifs is 1. The smallest absolute Gasteiger partial charge is 0.288 e. The molecule has 200 valence electrons. The van der Waals surface area contributed by atoms with Crippen LogP contribution in [0.2, 0.25) is 0 Å². The summed E-state index contributed by atoms with van der Waals surface area (Å²) in [6, 6.07) is 5.72. The summed E-state index contributed by atoms with van der Waals surface area (Å²) in [5, 5.41) is 7.22. The Morgan fingerprint density at radius 3 is 2.79 bits per heavy atom. The number of hydrogen-bond acceptors (Lipinski definition) is 8. The molecule has 10 nitrogen and oxygen atoms in total. The minimum absolute atomic E-state index is 0.0158. The average molecular weight is 518 g/mol. The van der Waals surface area contributed by atoms with Crippen LogP contribution in [0.3, 0.4) is 0 Å². The van der Waals surface area contributed by atoms with E-state index in [1.54, 1.807) is 6.08 Å². The van der Waals surface area contributed by atoms with Gasteiger partial charge in [-0.15, -0.1) is 0 Å². The average Bonchev–Trinajstić information content (AvgIpc) is 3.54. The number of H-pyrrole nitrogens is 1. The van der Waals surface area contributed by atoms with Gasteiger partial charge >= 0.3 is 0 Å². The van der Waals surface area contributed by atoms with Crippen LogP contribution in [0.4, 0.5) is 11.5 Å². The van der Waals surface area contributed by atoms with Crippen molar-refractivity contribution in [2.24, 2.45) is 4.99 Å². The highest BCUT2D eigenvalue weighted by Gasteiger charge is 2.28. The lowest BCUT2D eigenvalue weighted by atomic mass is 10.0. The molecule has 0 spiro atoms. The number of anilines is 2. The maximum Gasteiger partial charge on any atom is 0.288 e. The number of aromatic nitrogens is 2. The molecular formula is C28H35N7O3. The molecule has 2 aliphatic heterocycles. The van der Waals surface area contributed by atoms with E-state index in [-0.39, 0.29) is 29.0 Å². The minimum atomic E-state index is -0.546. The second-order valence-corrected chi connectivity index (χ2v) is 10.3. The first-order valence-electron chi connectivity index (χ1n) is 13.2. The third-order valence-electron chi connectivity index (χ3n) is 7.43. The van der Waals surface area contributed by atoms with Crippen molar-refractivity contribution in [3.8, 4) is 0 Å². The van der Waals surface area contributed by atoms with E-state index in [9.17, 15) is 9.59 Å². The zero-order valence-electron chi connectivity index (χ0n) is 22.0. The summed E-state index contributed by atoms with van der Waals surface area (Å²) in [4.78, 5) is 34.6. The molecule has 0 saturated carbocycles. The number of rotatable bonds is 6. The molecule has 2 fully saturated rings. The van der Waals surface area contributed by atoms with Gasteiger partial charge < -0.3 is 20.8 Å². The van der Waals surface area contributed by atoms with Crippen molar-refractivity contribution >= 4 is 34.1 Å². The van der Waals surface area contributed by atoms with Crippen LogP contribution in [-0.2, 0) is 4.79 Å². The summed E-state index contributed by atoms with van der Waals surface area (Å²) in [7, 11) is 0. The monoisotopic (exact) mass is 517 g/mol. The molecular weight excluding hydrogens is 482 g/mol. The molecule has 1 atom stereocenters. The molecule has 2 aliphatic rings. The second kappa shape index (κ2) is 10.8. The number of nitrogens with zero attached hydrogens (tertiary/aromatic N) is 4. The molecule has 2 aromatic heterocycles. The number of hydrogen-bond donors (Lipinski definition) is 3. The lowest BCUT2D eigenvalue weighted by molar-refractivity contribution is -0.127. The summed E-state index contributed by atoms with van der Waals surface area (Å²) in [5.41, 5.74) is 15.1. The van der Waals surface area contributed by atoms with Crippen molar-refractivity contribution in [3.05, 3.63) is 63.2 Å². The fourth-order valence-corrected chi connectivity index (χ4v) is 5.34. The van der Waals surface area contributed by atoms with Crippen LogP contribution in [0.1, 0.15) is 48.1 Å². The molecule has 1 amide bonds. The largest absolute Gasteiger partial charge is 0.454 e. The number of carbonyl (C=O) groups is 1. The number of furan rings is 1. The van der Waals surface area contributed by atoms with Gasteiger partial charge in [0.2, 0.25) is 5.91 Å². The Labute approximate surface area is 221 Å². The van der Waals surface area contributed by atoms with E-state index < -0.39 is 5.56 Å². The van der Waals surface area contributed by atoms with E-state index in [1.165, 1.54) is 12.8 Å². The predicted octanol–water partition coefficient (Wildman–Crippen LogP) is 2.78. The molecule has 1 aromatic carbocycles. The summed E-state index contributed by atoms with van der Waals surface area (Å²) >= 11 is 0. The third kappa shape index (κ3) is 5.22. The Morgan fingerprint density at radius 1 is 1.21 bits per heavy atom. The maximum atomic E-state index is 13.0. The lowest BCUT2D eigenvalue weighted by Crippen LogP contribution is -2.41. The minimum Gasteiger partial charge on any atom is -0.454 e. The van der Waals surface area contributed by atoms with Crippen molar-refractivity contribution in [1.82, 2.24) is 20.0 Å². The molecule has 5 rings (SSSR count). The van der Waals surface area contributed by atoms with Gasteiger partial charge in [-0.25, -0.2) is 5.10 Å². The van der Waals surface area contributed by atoms with Crippen LogP contribution >= 0.6 is 0 Å². The number of likely N-dealkylation sites (tertiary alicyclic amines) is 2. The van der Waals surface area contributed by atoms with Crippen molar-refractivity contribution < 1.29 is 9.21 Å². The number of carbonyl (C=O) groups excluding carboxylic acids is 1. The quantitative estimate of drug-likeness (QED) is 0.336. The fraction of sp³-hybridized carbons (Fsp3) is 0.429. The number of aryl methyl sites for hydroxylation is 2. The molecule has 3 aromatic rings. The van der Waals surface area contributed by atoms with Gasteiger partial charge in [-0.1, -0.05) is 17.7 Å². The lowest BCUT2D eigenvalue weighted by Gasteiger charge is -2.30. The third-order valence-corrected chi connectivity index (χ3v) is 7.43. The molecule has 2 saturated heterocycles. The summed E-state index contributed by atoms with van der Waals surface area (Å²) in [6.45, 7) is 8.07. The van der Waals surface area contributed by atoms with Gasteiger partial charge in [-0.05, 0) is 64.8 Å². The molecule has 38 heavy (non-hydrogen) atoms. The molecule has 10 heteroatoms. The first kappa shape index (κ1) is 25.7. The van der Waals surface area contributed by atoms with Gasteiger partial charge in [0, 0.05) is 36.7 Å². The van der Waals surface area contributed by atoms with Gasteiger partial charge in [0.1, 0.15) is 17.0 Å². The van der Waals surface area contributed by atoms with Gasteiger partial charge in [0.15, 0.2) is 11.6 Å². The number of amides is 1. The van der Waals surface area contributed by atoms with Crippen LogP contribution < -0.4 is 17.0 Å². The van der Waals surface area contributed by atoms with Crippen molar-refractivity contribution in [2.45, 2.75) is 45.6 Å². The second-order valence-electron chi connectivity index (χ2n) is 10.3. The highest BCUT2D eigenvalue weighted by Crippen LogP contribution is 2.31. The van der Waals surface area contributed by atoms with E-state index in [2.05, 4.69) is 15.1 Å². The Hall–Kier alpha value is -3.92. The number of benzene rings is 1. The van der Waals surface area contributed by atoms with E-state index in [0.29, 0.717) is 30.1 Å². The van der Waals surface area contributed by atoms with E-state index in [0.717, 1.165) is 49.0 Å². The van der Waals surface area contributed by atoms with Crippen LogP contribution in [0.25, 0.3) is 11.0 Å². The number of nitrogens with one attached hydrogen (secondary N) is 1. The molecule has 1 unspecified atom stereocenters. The molecule has 4 heterocycles. The van der Waals surface area contributed by atoms with Crippen molar-refractivity contribution in [3.63, 3.8) is 0 Å². The van der Waals surface area contributed by atoms with Gasteiger partial charge in [0.05, 0.1) is 11.6 Å². The predicted molar refractivity (Wildman–Crippen MR) is 149 cm³/mol. The normalized spacial score (nSPS) is 19.2. The first-order chi connectivity index (χ1) is 18.3. The Morgan fingerprint density at radius 2 is 2.00 bits per heavy atom. The number of aromatic amines is 1. The summed E-state index contributed by atoms with van der Waals surface area (Å²) in [5.74, 6) is 0.536. The van der Waals surface area contributed by atoms with Crippen LogP contribution in [0.15, 0.2) is 44.6 Å². The summed E-state index contributed by atoms with van der Waals surface area (Å²) in [6.07, 6.45) is 7.66. The Balaban J connectivity index is 1.48. The van der Waals surface area contributed by atoms with Gasteiger partial charge in [-0.2, -0.15) is 5.10 Å². The zero-order chi connectivity index (χ0) is 26.8. The van der Waals surface area contributed by atoms with Gasteiger partial charge in [-0.3, -0.25) is 19.5 Å². The standard InChI is InChI=1S/C28H35N7O3/c1-17-9-10-21-20(15-17)18(2)26(38-21)25(23-24(29)28(37)33-32-27(23)30)31-19-7-5-14-35(16-19)22(36)8-6-13-34-11-3-4-12-34/h6,8-10,15,19H,3-5,7,11-14,16H2,1-2H3,(H,33,37)(H4,29,30,32)/b8-6+,31-25?. The van der Waals surface area contributed by atoms with Gasteiger partial charge in [0.25, 0.3) is 5.56 Å². The topological polar surface area (TPSA) is 147 Å². The number of nitrogen functional groups attached to an aromatic ring is 2. The SMILES string of the molecule is Cc1ccc2oc(C(=NC3CCCN(C(=O)/C=C/CN4CCCC4)C3)c3c(N)n[nH]c(=O)c3N)c(C)c2c1. The zero-order valence-corrected chi connectivity index (χ0v) is 22.0. The highest BCUT2D eigenvalue weighted by molar-refractivity contribution is 6.18. The van der Waals surface area contributed by atoms with E-state index in [4.69, 9.17) is 20.9 Å². The van der Waals surface area contributed by atoms with E-state index >= 15 is 0 Å². The highest BCUT2D eigenvalue weighted by atomic mass is 16.3. The number of aliphatic imine (C=N–C) groups is 1. The maximum absolute atomic E-state index is 13.0. The molecule has 0 aliphatic carbocycles. The van der Waals surface area contributed by atoms with Crippen LogP contribution in [0.5, 0.6) is 0 Å². The molecule has 0 bridgehead atoms. The summed E-state index contributed by atoms with van der Waals surface area (Å²) < 4.78 is 6.26. The Bertz CT molecular complexity index is 1460. The fourth-order valence-electron chi connectivity index (χ4n) is 5.34. The molecule has 5 N–H and O–H groups in total. The number of nitrogens with two attached hydrogens (primary N) is 2. The number of piperidine rings is 1. The van der Waals surface area contributed by atoms with Crippen molar-refractivity contribution in [2.75, 3.05) is 44.2 Å². The van der Waals surface area contributed by atoms with Crippen LogP contribution in [0, 0.1) is 13.8 Å². The first-order valence-corrected chi connectivity index (χ1v) is 13.2.